The van der Waals surface area contributed by atoms with Gasteiger partial charge in [-0.1, -0.05) is 50.1 Å². The number of anilines is 1. The van der Waals surface area contributed by atoms with E-state index in [2.05, 4.69) is 54.1 Å². The molecule has 0 saturated carbocycles. The molecule has 0 bridgehead atoms. The third kappa shape index (κ3) is 5.78. The first-order chi connectivity index (χ1) is 13.2. The van der Waals surface area contributed by atoms with Crippen molar-refractivity contribution in [3.05, 3.63) is 58.3 Å². The molecular weight excluding hydrogens is 334 g/mol. The van der Waals surface area contributed by atoms with Gasteiger partial charge in [0.25, 0.3) is 0 Å². The molecule has 3 rings (SSSR count). The Morgan fingerprint density at radius 2 is 1.74 bits per heavy atom. The molecule has 4 heteroatoms. The number of nitrogen functional groups attached to an aromatic ring is 1. The zero-order valence-electron chi connectivity index (χ0n) is 16.8. The maximum absolute atomic E-state index is 6.15. The van der Waals surface area contributed by atoms with Crippen LogP contribution in [0.2, 0.25) is 0 Å². The molecule has 1 aliphatic rings. The number of unbranched alkanes of at least 4 members (excludes halogenated alkanes) is 2. The van der Waals surface area contributed by atoms with Crippen molar-refractivity contribution in [1.82, 2.24) is 9.88 Å². The van der Waals surface area contributed by atoms with Crippen molar-refractivity contribution in [2.24, 2.45) is 0 Å². The third-order valence-corrected chi connectivity index (χ3v) is 5.41. The van der Waals surface area contributed by atoms with Crippen LogP contribution >= 0.6 is 0 Å². The summed E-state index contributed by atoms with van der Waals surface area (Å²) >= 11 is 0. The van der Waals surface area contributed by atoms with Crippen LogP contribution in [-0.4, -0.2) is 36.2 Å². The number of hydrogen-bond donors (Lipinski definition) is 1. The highest BCUT2D eigenvalue weighted by atomic mass is 16.5. The summed E-state index contributed by atoms with van der Waals surface area (Å²) in [5.41, 5.74) is 12.4. The molecule has 1 saturated heterocycles. The van der Waals surface area contributed by atoms with E-state index in [-0.39, 0.29) is 0 Å². The largest absolute Gasteiger partial charge is 0.383 e. The second kappa shape index (κ2) is 9.86. The summed E-state index contributed by atoms with van der Waals surface area (Å²) < 4.78 is 5.43. The molecule has 146 valence electrons. The Bertz CT molecular complexity index is 721. The van der Waals surface area contributed by atoms with E-state index in [0.717, 1.165) is 51.4 Å². The summed E-state index contributed by atoms with van der Waals surface area (Å²) in [6, 6.07) is 11.3. The first-order valence-corrected chi connectivity index (χ1v) is 10.3. The Labute approximate surface area is 163 Å². The fraction of sp³-hybridized carbons (Fsp3) is 0.522. The van der Waals surface area contributed by atoms with Crippen LogP contribution in [0.4, 0.5) is 5.82 Å². The van der Waals surface area contributed by atoms with Gasteiger partial charge in [-0.25, -0.2) is 4.98 Å². The lowest BCUT2D eigenvalue weighted by molar-refractivity contribution is 0.0342. The van der Waals surface area contributed by atoms with Gasteiger partial charge in [0.2, 0.25) is 0 Å². The average molecular weight is 368 g/mol. The number of morpholine rings is 1. The van der Waals surface area contributed by atoms with Gasteiger partial charge in [-0.3, -0.25) is 4.90 Å². The summed E-state index contributed by atoms with van der Waals surface area (Å²) in [5, 5.41) is 0. The van der Waals surface area contributed by atoms with Crippen molar-refractivity contribution in [2.75, 3.05) is 32.0 Å². The minimum atomic E-state index is 0.702. The molecule has 0 radical (unpaired) electrons. The minimum absolute atomic E-state index is 0.702. The van der Waals surface area contributed by atoms with E-state index in [1.165, 1.54) is 41.5 Å². The predicted octanol–water partition coefficient (Wildman–Crippen LogP) is 4.13. The smallest absolute Gasteiger partial charge is 0.126 e. The quantitative estimate of drug-likeness (QED) is 0.713. The SMILES string of the molecule is CCCCCc1cc(Cc2ccc(CN3CCOCC3)cc2)c(C)nc1N. The molecule has 0 atom stereocenters. The average Bonchev–Trinajstić information content (AvgIpc) is 2.68. The van der Waals surface area contributed by atoms with Crippen LogP contribution in [0.25, 0.3) is 0 Å². The first kappa shape index (κ1) is 19.8. The monoisotopic (exact) mass is 367 g/mol. The highest BCUT2D eigenvalue weighted by Crippen LogP contribution is 2.21. The number of pyridine rings is 1. The van der Waals surface area contributed by atoms with Crippen LogP contribution in [0.5, 0.6) is 0 Å². The van der Waals surface area contributed by atoms with E-state index in [4.69, 9.17) is 10.5 Å². The molecule has 1 fully saturated rings. The van der Waals surface area contributed by atoms with E-state index in [1.54, 1.807) is 0 Å². The predicted molar refractivity (Wildman–Crippen MR) is 112 cm³/mol. The number of ether oxygens (including phenoxy) is 1. The second-order valence-electron chi connectivity index (χ2n) is 7.62. The number of hydrogen-bond acceptors (Lipinski definition) is 4. The van der Waals surface area contributed by atoms with Gasteiger partial charge < -0.3 is 10.5 Å². The molecule has 1 aliphatic heterocycles. The Morgan fingerprint density at radius 3 is 2.44 bits per heavy atom. The first-order valence-electron chi connectivity index (χ1n) is 10.3. The molecule has 2 N–H and O–H groups in total. The van der Waals surface area contributed by atoms with Crippen molar-refractivity contribution >= 4 is 5.82 Å². The van der Waals surface area contributed by atoms with Crippen LogP contribution in [0.1, 0.15) is 54.1 Å². The Balaban J connectivity index is 1.64. The lowest BCUT2D eigenvalue weighted by Crippen LogP contribution is -2.35. The number of aromatic nitrogens is 1. The highest BCUT2D eigenvalue weighted by molar-refractivity contribution is 5.45. The summed E-state index contributed by atoms with van der Waals surface area (Å²) in [6.45, 7) is 9.05. The number of nitrogens with zero attached hydrogens (tertiary/aromatic N) is 2. The van der Waals surface area contributed by atoms with Crippen molar-refractivity contribution in [1.29, 1.82) is 0 Å². The van der Waals surface area contributed by atoms with Gasteiger partial charge >= 0.3 is 0 Å². The zero-order valence-corrected chi connectivity index (χ0v) is 16.8. The molecule has 0 aliphatic carbocycles. The van der Waals surface area contributed by atoms with E-state index < -0.39 is 0 Å². The van der Waals surface area contributed by atoms with Gasteiger partial charge in [-0.2, -0.15) is 0 Å². The van der Waals surface area contributed by atoms with E-state index in [1.807, 2.05) is 0 Å². The lowest BCUT2D eigenvalue weighted by atomic mass is 9.99. The van der Waals surface area contributed by atoms with E-state index in [0.29, 0.717) is 5.82 Å². The Hall–Kier alpha value is -1.91. The van der Waals surface area contributed by atoms with Crippen LogP contribution in [0, 0.1) is 6.92 Å². The van der Waals surface area contributed by atoms with Gasteiger partial charge in [0.1, 0.15) is 5.82 Å². The van der Waals surface area contributed by atoms with E-state index >= 15 is 0 Å². The van der Waals surface area contributed by atoms with Gasteiger partial charge in [0.15, 0.2) is 0 Å². The fourth-order valence-corrected chi connectivity index (χ4v) is 3.66. The fourth-order valence-electron chi connectivity index (χ4n) is 3.66. The molecule has 1 aromatic carbocycles. The van der Waals surface area contributed by atoms with Crippen molar-refractivity contribution in [3.8, 4) is 0 Å². The second-order valence-corrected chi connectivity index (χ2v) is 7.62. The van der Waals surface area contributed by atoms with Crippen LogP contribution in [0.15, 0.2) is 30.3 Å². The Kier molecular flexibility index (Phi) is 7.25. The van der Waals surface area contributed by atoms with E-state index in [9.17, 15) is 0 Å². The lowest BCUT2D eigenvalue weighted by Gasteiger charge is -2.26. The van der Waals surface area contributed by atoms with Crippen molar-refractivity contribution in [2.45, 2.75) is 52.5 Å². The van der Waals surface area contributed by atoms with Crippen LogP contribution in [-0.2, 0) is 24.1 Å². The topological polar surface area (TPSA) is 51.4 Å². The number of aryl methyl sites for hydroxylation is 2. The maximum atomic E-state index is 6.15. The molecule has 0 spiro atoms. The standard InChI is InChI=1S/C23H33N3O/c1-3-4-5-6-21-16-22(18(2)25-23(21)24)15-19-7-9-20(10-8-19)17-26-11-13-27-14-12-26/h7-10,16H,3-6,11-15,17H2,1-2H3,(H2,24,25). The molecule has 2 aromatic rings. The molecule has 0 unspecified atom stereocenters. The van der Waals surface area contributed by atoms with Gasteiger partial charge in [-0.15, -0.1) is 0 Å². The maximum Gasteiger partial charge on any atom is 0.126 e. The number of nitrogens with two attached hydrogens (primary N) is 1. The molecule has 27 heavy (non-hydrogen) atoms. The molecule has 1 aromatic heterocycles. The highest BCUT2D eigenvalue weighted by Gasteiger charge is 2.11. The van der Waals surface area contributed by atoms with Gasteiger partial charge in [0, 0.05) is 25.3 Å². The summed E-state index contributed by atoms with van der Waals surface area (Å²) in [7, 11) is 0. The Morgan fingerprint density at radius 1 is 1.04 bits per heavy atom. The summed E-state index contributed by atoms with van der Waals surface area (Å²) in [5.74, 6) is 0.702. The third-order valence-electron chi connectivity index (χ3n) is 5.41. The number of rotatable bonds is 8. The molecule has 0 amide bonds. The summed E-state index contributed by atoms with van der Waals surface area (Å²) in [4.78, 5) is 7.06. The van der Waals surface area contributed by atoms with Crippen molar-refractivity contribution < 1.29 is 4.74 Å². The summed E-state index contributed by atoms with van der Waals surface area (Å²) in [6.07, 6.45) is 5.59. The normalized spacial score (nSPS) is 15.2. The zero-order chi connectivity index (χ0) is 19.1. The van der Waals surface area contributed by atoms with Crippen LogP contribution in [0.3, 0.4) is 0 Å². The van der Waals surface area contributed by atoms with Crippen molar-refractivity contribution in [3.63, 3.8) is 0 Å². The molecular formula is C23H33N3O. The van der Waals surface area contributed by atoms with Gasteiger partial charge in [0.05, 0.1) is 13.2 Å². The molecule has 2 heterocycles. The molecule has 4 nitrogen and oxygen atoms in total. The van der Waals surface area contributed by atoms with Gasteiger partial charge in [-0.05, 0) is 48.4 Å². The number of benzene rings is 1. The van der Waals surface area contributed by atoms with Crippen LogP contribution < -0.4 is 5.73 Å². The minimum Gasteiger partial charge on any atom is -0.383 e.